The van der Waals surface area contributed by atoms with Crippen molar-refractivity contribution in [3.63, 3.8) is 0 Å². The molecule has 2 aliphatic rings. The Bertz CT molecular complexity index is 1070. The van der Waals surface area contributed by atoms with Crippen LogP contribution in [0.2, 0.25) is 0 Å². The summed E-state index contributed by atoms with van der Waals surface area (Å²) in [5.41, 5.74) is 8.11. The van der Waals surface area contributed by atoms with E-state index >= 15 is 0 Å². The third-order valence-electron chi connectivity index (χ3n) is 5.97. The van der Waals surface area contributed by atoms with Gasteiger partial charge in [-0.15, -0.1) is 0 Å². The van der Waals surface area contributed by atoms with Crippen LogP contribution in [0.3, 0.4) is 0 Å². The lowest BCUT2D eigenvalue weighted by molar-refractivity contribution is -0.132. The van der Waals surface area contributed by atoms with Gasteiger partial charge in [-0.1, -0.05) is 0 Å². The molecule has 2 fully saturated rings. The first-order chi connectivity index (χ1) is 14.9. The number of carbonyl (C=O) groups excluding carboxylic acids is 2. The fourth-order valence-corrected chi connectivity index (χ4v) is 4.42. The highest BCUT2D eigenvalue weighted by molar-refractivity contribution is 6.08. The predicted octanol–water partition coefficient (Wildman–Crippen LogP) is 1.59. The number of hydrogen-bond donors (Lipinski definition) is 2. The number of alkyl halides is 1. The summed E-state index contributed by atoms with van der Waals surface area (Å²) >= 11 is 0. The number of nitrogens with zero attached hydrogens (tertiary/aromatic N) is 4. The molecule has 0 bridgehead atoms. The molecule has 0 aliphatic carbocycles. The summed E-state index contributed by atoms with van der Waals surface area (Å²) in [5, 5.41) is 13.5. The number of fused-ring (bicyclic) bond motifs is 1. The lowest BCUT2D eigenvalue weighted by Gasteiger charge is -2.23. The van der Waals surface area contributed by atoms with Gasteiger partial charge in [0.2, 0.25) is 5.91 Å². The van der Waals surface area contributed by atoms with Gasteiger partial charge in [-0.3, -0.25) is 19.5 Å². The van der Waals surface area contributed by atoms with Gasteiger partial charge in [0, 0.05) is 42.3 Å². The molecule has 8 nitrogen and oxygen atoms in total. The number of rotatable bonds is 5. The zero-order valence-electron chi connectivity index (χ0n) is 17.3. The number of anilines is 1. The van der Waals surface area contributed by atoms with Crippen molar-refractivity contribution in [2.75, 3.05) is 31.5 Å². The molecule has 0 saturated carbocycles. The molecule has 9 heteroatoms. The van der Waals surface area contributed by atoms with Gasteiger partial charge in [-0.25, -0.2) is 4.39 Å². The summed E-state index contributed by atoms with van der Waals surface area (Å²) in [5.74, 6) is -0.725. The van der Waals surface area contributed by atoms with Crippen LogP contribution < -0.4 is 11.1 Å². The molecule has 0 spiro atoms. The number of primary amides is 1. The molecule has 3 heterocycles. The van der Waals surface area contributed by atoms with Crippen LogP contribution in [-0.4, -0.2) is 71.0 Å². The van der Waals surface area contributed by atoms with Gasteiger partial charge in [-0.2, -0.15) is 5.26 Å². The summed E-state index contributed by atoms with van der Waals surface area (Å²) < 4.78 is 13.6. The highest BCUT2D eigenvalue weighted by atomic mass is 19.1. The number of halogens is 1. The van der Waals surface area contributed by atoms with Crippen LogP contribution in [0.25, 0.3) is 10.9 Å². The second-order valence-electron chi connectivity index (χ2n) is 8.26. The van der Waals surface area contributed by atoms with Gasteiger partial charge in [0.15, 0.2) is 0 Å². The average Bonchev–Trinajstić information content (AvgIpc) is 3.33. The third-order valence-corrected chi connectivity index (χ3v) is 5.97. The Morgan fingerprint density at radius 2 is 2.13 bits per heavy atom. The van der Waals surface area contributed by atoms with Crippen molar-refractivity contribution >= 4 is 28.4 Å². The second kappa shape index (κ2) is 8.47. The molecule has 2 amide bonds. The van der Waals surface area contributed by atoms with E-state index in [1.165, 1.54) is 4.90 Å². The van der Waals surface area contributed by atoms with Crippen molar-refractivity contribution < 1.29 is 14.0 Å². The Labute approximate surface area is 179 Å². The van der Waals surface area contributed by atoms with Gasteiger partial charge in [0.25, 0.3) is 5.91 Å². The van der Waals surface area contributed by atoms with Crippen molar-refractivity contribution in [3.05, 3.63) is 35.5 Å². The monoisotopic (exact) mass is 424 g/mol. The number of aryl methyl sites for hydroxylation is 1. The summed E-state index contributed by atoms with van der Waals surface area (Å²) in [6, 6.07) is 8.77. The number of nitrogens with two attached hydrogens (primary N) is 1. The largest absolute Gasteiger partial charge is 0.380 e. The van der Waals surface area contributed by atoms with Crippen molar-refractivity contribution in [2.45, 2.75) is 38.0 Å². The Balaban J connectivity index is 1.43. The van der Waals surface area contributed by atoms with E-state index in [2.05, 4.69) is 10.3 Å². The van der Waals surface area contributed by atoms with E-state index in [4.69, 9.17) is 11.0 Å². The van der Waals surface area contributed by atoms with E-state index in [1.807, 2.05) is 36.1 Å². The number of nitrogens with one attached hydrogen (secondary N) is 1. The Kier molecular flexibility index (Phi) is 5.74. The highest BCUT2D eigenvalue weighted by Gasteiger charge is 2.36. The molecule has 0 unspecified atom stereocenters. The molecular weight excluding hydrogens is 399 g/mol. The standard InChI is InChI=1S/C22H25FN6O2/c1-13-2-3-17-19(5-4-18(22(25)31)21(17)26-13)27-15-6-7-28(11-15)12-20(30)29-10-14(23)8-16(29)9-24/h2-5,14-16,27H,6-8,10-12H2,1H3,(H2,25,31)/t14-,15-,16-/m0/s1. The molecule has 4 rings (SSSR count). The fraction of sp³-hybridized carbons (Fsp3) is 0.455. The van der Waals surface area contributed by atoms with Crippen LogP contribution in [0, 0.1) is 18.3 Å². The number of amides is 2. The van der Waals surface area contributed by atoms with Crippen molar-refractivity contribution in [1.29, 1.82) is 5.26 Å². The van der Waals surface area contributed by atoms with Crippen LogP contribution in [0.5, 0.6) is 0 Å². The minimum absolute atomic E-state index is 0.00278. The van der Waals surface area contributed by atoms with Gasteiger partial charge in [0.1, 0.15) is 12.2 Å². The maximum atomic E-state index is 13.6. The summed E-state index contributed by atoms with van der Waals surface area (Å²) in [7, 11) is 0. The highest BCUT2D eigenvalue weighted by Crippen LogP contribution is 2.28. The summed E-state index contributed by atoms with van der Waals surface area (Å²) in [6.45, 7) is 3.40. The second-order valence-corrected chi connectivity index (χ2v) is 8.26. The van der Waals surface area contributed by atoms with Crippen LogP contribution in [0.15, 0.2) is 24.3 Å². The van der Waals surface area contributed by atoms with E-state index in [-0.39, 0.29) is 31.5 Å². The first-order valence-electron chi connectivity index (χ1n) is 10.4. The van der Waals surface area contributed by atoms with E-state index in [0.29, 0.717) is 17.6 Å². The normalized spacial score (nSPS) is 23.8. The summed E-state index contributed by atoms with van der Waals surface area (Å²) in [6.07, 6.45) is -0.205. The van der Waals surface area contributed by atoms with E-state index in [9.17, 15) is 14.0 Å². The smallest absolute Gasteiger partial charge is 0.250 e. The third kappa shape index (κ3) is 4.30. The molecule has 1 aromatic heterocycles. The molecular formula is C22H25FN6O2. The number of pyridine rings is 1. The Hall–Kier alpha value is -3.25. The van der Waals surface area contributed by atoms with E-state index in [1.54, 1.807) is 6.07 Å². The lowest BCUT2D eigenvalue weighted by atomic mass is 10.1. The fourth-order valence-electron chi connectivity index (χ4n) is 4.42. The van der Waals surface area contributed by atoms with Crippen LogP contribution >= 0.6 is 0 Å². The number of benzene rings is 1. The average molecular weight is 424 g/mol. The quantitative estimate of drug-likeness (QED) is 0.753. The summed E-state index contributed by atoms with van der Waals surface area (Å²) in [4.78, 5) is 32.2. The first kappa shape index (κ1) is 21.0. The topological polar surface area (TPSA) is 115 Å². The maximum absolute atomic E-state index is 13.6. The molecule has 0 radical (unpaired) electrons. The molecule has 162 valence electrons. The molecule has 3 atom stereocenters. The van der Waals surface area contributed by atoms with Crippen LogP contribution in [0.1, 0.15) is 28.9 Å². The van der Waals surface area contributed by atoms with Gasteiger partial charge in [0.05, 0.1) is 30.2 Å². The molecule has 2 saturated heterocycles. The number of nitriles is 1. The minimum atomic E-state index is -1.13. The number of aromatic nitrogens is 1. The molecule has 2 aromatic rings. The molecule has 3 N–H and O–H groups in total. The Morgan fingerprint density at radius 3 is 2.87 bits per heavy atom. The van der Waals surface area contributed by atoms with Gasteiger partial charge < -0.3 is 16.0 Å². The Morgan fingerprint density at radius 1 is 1.32 bits per heavy atom. The van der Waals surface area contributed by atoms with Crippen LogP contribution in [0.4, 0.5) is 10.1 Å². The van der Waals surface area contributed by atoms with Gasteiger partial charge in [-0.05, 0) is 37.6 Å². The predicted molar refractivity (Wildman–Crippen MR) is 114 cm³/mol. The molecule has 2 aliphatic heterocycles. The van der Waals surface area contributed by atoms with Gasteiger partial charge >= 0.3 is 0 Å². The number of likely N-dealkylation sites (tertiary alicyclic amines) is 2. The SMILES string of the molecule is Cc1ccc2c(N[C@H]3CCN(CC(=O)N4C[C@@H](F)C[C@H]4C#N)C3)ccc(C(N)=O)c2n1. The lowest BCUT2D eigenvalue weighted by Crippen LogP contribution is -2.42. The van der Waals surface area contributed by atoms with Crippen molar-refractivity contribution in [1.82, 2.24) is 14.8 Å². The maximum Gasteiger partial charge on any atom is 0.250 e. The molecule has 31 heavy (non-hydrogen) atoms. The number of carbonyl (C=O) groups is 2. The van der Waals surface area contributed by atoms with E-state index in [0.717, 1.165) is 29.7 Å². The first-order valence-corrected chi connectivity index (χ1v) is 10.4. The van der Waals surface area contributed by atoms with Crippen molar-refractivity contribution in [2.24, 2.45) is 5.73 Å². The van der Waals surface area contributed by atoms with Crippen LogP contribution in [-0.2, 0) is 4.79 Å². The van der Waals surface area contributed by atoms with E-state index < -0.39 is 18.1 Å². The van der Waals surface area contributed by atoms with Crippen molar-refractivity contribution in [3.8, 4) is 6.07 Å². The zero-order chi connectivity index (χ0) is 22.1. The number of hydrogen-bond acceptors (Lipinski definition) is 6. The zero-order valence-corrected chi connectivity index (χ0v) is 17.3. The molecule has 1 aromatic carbocycles. The minimum Gasteiger partial charge on any atom is -0.380 e.